The summed E-state index contributed by atoms with van der Waals surface area (Å²) in [5.41, 5.74) is 0. The quantitative estimate of drug-likeness (QED) is 0.599. The molecule has 1 aromatic carbocycles. The second kappa shape index (κ2) is 4.12. The van der Waals surface area contributed by atoms with Crippen LogP contribution in [-0.4, -0.2) is 12.8 Å². The maximum Gasteiger partial charge on any atom is 0.422 e. The molecule has 0 aliphatic rings. The zero-order valence-corrected chi connectivity index (χ0v) is 8.57. The van der Waals surface area contributed by atoms with Crippen LogP contribution in [0.4, 0.5) is 13.2 Å². The van der Waals surface area contributed by atoms with Crippen LogP contribution < -0.4 is 9.47 Å². The van der Waals surface area contributed by atoms with Crippen LogP contribution in [0.25, 0.3) is 10.8 Å². The van der Waals surface area contributed by atoms with Gasteiger partial charge in [0.15, 0.2) is 19.0 Å². The molecule has 0 aliphatic carbocycles. The summed E-state index contributed by atoms with van der Waals surface area (Å²) in [5.74, 6) is 0.0843. The summed E-state index contributed by atoms with van der Waals surface area (Å²) in [4.78, 5) is 0. The van der Waals surface area contributed by atoms with Crippen LogP contribution >= 0.6 is 0 Å². The molecule has 0 N–H and O–H groups in total. The van der Waals surface area contributed by atoms with E-state index in [0.29, 0.717) is 10.1 Å². The second-order valence-corrected chi connectivity index (χ2v) is 3.50. The van der Waals surface area contributed by atoms with E-state index in [9.17, 15) is 18.4 Å². The van der Waals surface area contributed by atoms with Crippen LogP contribution in [0.5, 0.6) is 5.75 Å². The third kappa shape index (κ3) is 2.99. The minimum atomic E-state index is -4.37. The topological polar surface area (TPSA) is 36.2 Å². The fraction of sp³-hybridized carbons (Fsp3) is 0.182. The minimum absolute atomic E-state index is 0.0843. The fourth-order valence-electron chi connectivity index (χ4n) is 1.41. The number of ether oxygens (including phenoxy) is 1. The Morgan fingerprint density at radius 1 is 1.18 bits per heavy atom. The van der Waals surface area contributed by atoms with Crippen LogP contribution in [0.3, 0.4) is 0 Å². The molecule has 90 valence electrons. The molecule has 0 atom stereocenters. The van der Waals surface area contributed by atoms with E-state index in [1.54, 1.807) is 12.1 Å². The molecule has 0 fully saturated rings. The Balaban J connectivity index is 2.25. The van der Waals surface area contributed by atoms with E-state index in [2.05, 4.69) is 4.74 Å². The molecule has 2 aromatic rings. The van der Waals surface area contributed by atoms with Crippen molar-refractivity contribution < 1.29 is 22.6 Å². The van der Waals surface area contributed by atoms with E-state index in [0.717, 1.165) is 5.39 Å². The molecular weight excluding hydrogens is 235 g/mol. The number of rotatable bonds is 2. The highest BCUT2D eigenvalue weighted by Crippen LogP contribution is 2.22. The zero-order valence-electron chi connectivity index (χ0n) is 8.57. The maximum absolute atomic E-state index is 11.9. The average Bonchev–Trinajstić information content (AvgIpc) is 2.24. The van der Waals surface area contributed by atoms with Crippen molar-refractivity contribution in [3.05, 3.63) is 41.9 Å². The van der Waals surface area contributed by atoms with Crippen molar-refractivity contribution in [1.29, 1.82) is 0 Å². The Morgan fingerprint density at radius 3 is 2.65 bits per heavy atom. The van der Waals surface area contributed by atoms with Crippen LogP contribution in [0.1, 0.15) is 0 Å². The Hall–Kier alpha value is -1.98. The van der Waals surface area contributed by atoms with Gasteiger partial charge in [-0.25, -0.2) is 0 Å². The van der Waals surface area contributed by atoms with E-state index in [1.807, 2.05) is 0 Å². The van der Waals surface area contributed by atoms with Gasteiger partial charge in [0.25, 0.3) is 0 Å². The Morgan fingerprint density at radius 2 is 1.94 bits per heavy atom. The Kier molecular flexibility index (Phi) is 2.79. The molecule has 0 aliphatic heterocycles. The number of alkyl halides is 3. The highest BCUT2D eigenvalue weighted by Gasteiger charge is 2.28. The predicted octanol–water partition coefficient (Wildman–Crippen LogP) is 2.41. The van der Waals surface area contributed by atoms with Gasteiger partial charge in [-0.05, 0) is 17.5 Å². The van der Waals surface area contributed by atoms with Crippen LogP contribution in [0.15, 0.2) is 36.7 Å². The molecule has 0 amide bonds. The molecule has 0 bridgehead atoms. The molecule has 0 spiro atoms. The average molecular weight is 243 g/mol. The number of hydrogen-bond acceptors (Lipinski definition) is 2. The number of benzene rings is 1. The summed E-state index contributed by atoms with van der Waals surface area (Å²) in [6, 6.07) is 6.01. The molecule has 0 radical (unpaired) electrons. The van der Waals surface area contributed by atoms with Crippen LogP contribution in [0.2, 0.25) is 0 Å². The van der Waals surface area contributed by atoms with Gasteiger partial charge in [0.05, 0.1) is 5.39 Å². The summed E-state index contributed by atoms with van der Waals surface area (Å²) in [6.07, 6.45) is -1.78. The normalized spacial score (nSPS) is 11.7. The highest BCUT2D eigenvalue weighted by atomic mass is 19.4. The first-order valence-corrected chi connectivity index (χ1v) is 4.76. The van der Waals surface area contributed by atoms with Gasteiger partial charge in [0.1, 0.15) is 5.75 Å². The third-order valence-electron chi connectivity index (χ3n) is 2.13. The van der Waals surface area contributed by atoms with Gasteiger partial charge < -0.3 is 9.94 Å². The maximum atomic E-state index is 11.9. The molecule has 17 heavy (non-hydrogen) atoms. The lowest BCUT2D eigenvalue weighted by molar-refractivity contribution is -0.603. The van der Waals surface area contributed by atoms with Crippen molar-refractivity contribution in [2.75, 3.05) is 6.61 Å². The molecular formula is C11H8F3NO2. The lowest BCUT2D eigenvalue weighted by atomic mass is 10.2. The van der Waals surface area contributed by atoms with Crippen LogP contribution in [-0.2, 0) is 0 Å². The van der Waals surface area contributed by atoms with Gasteiger partial charge in [0.2, 0.25) is 0 Å². The molecule has 1 heterocycles. The monoisotopic (exact) mass is 243 g/mol. The SMILES string of the molecule is [O-][n+]1ccc2ccc(OCC(F)(F)F)cc2c1. The molecule has 3 nitrogen and oxygen atoms in total. The van der Waals surface area contributed by atoms with Gasteiger partial charge >= 0.3 is 6.18 Å². The van der Waals surface area contributed by atoms with Gasteiger partial charge in [-0.1, -0.05) is 6.07 Å². The smallest absolute Gasteiger partial charge is 0.422 e. The van der Waals surface area contributed by atoms with Crippen molar-refractivity contribution in [2.45, 2.75) is 6.18 Å². The molecule has 1 aromatic heterocycles. The minimum Gasteiger partial charge on any atom is -0.619 e. The first-order valence-electron chi connectivity index (χ1n) is 4.76. The second-order valence-electron chi connectivity index (χ2n) is 3.50. The summed E-state index contributed by atoms with van der Waals surface area (Å²) < 4.78 is 41.0. The highest BCUT2D eigenvalue weighted by molar-refractivity contribution is 5.82. The van der Waals surface area contributed by atoms with Crippen molar-refractivity contribution in [3.63, 3.8) is 0 Å². The van der Waals surface area contributed by atoms with Crippen molar-refractivity contribution in [3.8, 4) is 5.75 Å². The van der Waals surface area contributed by atoms with E-state index in [1.165, 1.54) is 24.5 Å². The van der Waals surface area contributed by atoms with Crippen LogP contribution in [0, 0.1) is 5.21 Å². The number of hydrogen-bond donors (Lipinski definition) is 0. The summed E-state index contributed by atoms with van der Waals surface area (Å²) in [5, 5.41) is 12.3. The van der Waals surface area contributed by atoms with E-state index in [-0.39, 0.29) is 5.75 Å². The Labute approximate surface area is 94.6 Å². The summed E-state index contributed by atoms with van der Waals surface area (Å²) >= 11 is 0. The van der Waals surface area contributed by atoms with Crippen molar-refractivity contribution in [2.24, 2.45) is 0 Å². The molecule has 6 heteroatoms. The number of aromatic nitrogens is 1. The number of pyridine rings is 1. The fourth-order valence-corrected chi connectivity index (χ4v) is 1.41. The van der Waals surface area contributed by atoms with E-state index < -0.39 is 12.8 Å². The van der Waals surface area contributed by atoms with Gasteiger partial charge in [-0.15, -0.1) is 0 Å². The molecule has 0 unspecified atom stereocenters. The van der Waals surface area contributed by atoms with E-state index >= 15 is 0 Å². The Bertz CT molecular complexity index is 540. The van der Waals surface area contributed by atoms with Gasteiger partial charge in [0, 0.05) is 6.07 Å². The van der Waals surface area contributed by atoms with Gasteiger partial charge in [-0.2, -0.15) is 17.9 Å². The first kappa shape index (κ1) is 11.5. The zero-order chi connectivity index (χ0) is 12.5. The third-order valence-corrected chi connectivity index (χ3v) is 2.13. The number of halogens is 3. The summed E-state index contributed by atoms with van der Waals surface area (Å²) in [6.45, 7) is -1.34. The standard InChI is InChI=1S/C11H8F3NO2/c12-11(13,14)7-17-10-2-1-8-3-4-15(16)6-9(8)5-10/h1-6H,7H2. The van der Waals surface area contributed by atoms with E-state index in [4.69, 9.17) is 0 Å². The molecule has 0 saturated carbocycles. The summed E-state index contributed by atoms with van der Waals surface area (Å²) in [7, 11) is 0. The first-order chi connectivity index (χ1) is 7.94. The lowest BCUT2D eigenvalue weighted by Gasteiger charge is -2.09. The van der Waals surface area contributed by atoms with Crippen molar-refractivity contribution >= 4 is 10.8 Å². The number of fused-ring (bicyclic) bond motifs is 1. The predicted molar refractivity (Wildman–Crippen MR) is 54.5 cm³/mol. The largest absolute Gasteiger partial charge is 0.619 e. The molecule has 2 rings (SSSR count). The van der Waals surface area contributed by atoms with Crippen molar-refractivity contribution in [1.82, 2.24) is 0 Å². The molecule has 0 saturated heterocycles. The number of nitrogens with zero attached hydrogens (tertiary/aromatic N) is 1. The lowest BCUT2D eigenvalue weighted by Crippen LogP contribution is -2.23. The van der Waals surface area contributed by atoms with Gasteiger partial charge in [-0.3, -0.25) is 0 Å².